The fraction of sp³-hybridized carbons (Fsp3) is 0.200. The molecule has 84 valence electrons. The summed E-state index contributed by atoms with van der Waals surface area (Å²) < 4.78 is 0. The van der Waals surface area contributed by atoms with Gasteiger partial charge in [0.05, 0.1) is 11.4 Å². The summed E-state index contributed by atoms with van der Waals surface area (Å²) in [5.74, 6) is 0. The molecule has 2 aliphatic rings. The van der Waals surface area contributed by atoms with Crippen molar-refractivity contribution < 1.29 is 0 Å². The van der Waals surface area contributed by atoms with Crippen molar-refractivity contribution in [3.05, 3.63) is 54.1 Å². The Kier molecular flexibility index (Phi) is 1.63. The van der Waals surface area contributed by atoms with E-state index in [4.69, 9.17) is 0 Å². The van der Waals surface area contributed by atoms with Crippen LogP contribution in [0.4, 0.5) is 17.1 Å². The highest BCUT2D eigenvalue weighted by atomic mass is 15.4. The lowest BCUT2D eigenvalue weighted by atomic mass is 10.1. The van der Waals surface area contributed by atoms with Crippen LogP contribution in [0.3, 0.4) is 0 Å². The van der Waals surface area contributed by atoms with Crippen LogP contribution < -0.4 is 9.80 Å². The Morgan fingerprint density at radius 1 is 0.882 bits per heavy atom. The maximum atomic E-state index is 2.46. The third kappa shape index (κ3) is 1.05. The molecule has 0 bridgehead atoms. The highest BCUT2D eigenvalue weighted by molar-refractivity contribution is 5.86. The van der Waals surface area contributed by atoms with Crippen LogP contribution in [0, 0.1) is 0 Å². The zero-order valence-corrected chi connectivity index (χ0v) is 9.80. The summed E-state index contributed by atoms with van der Waals surface area (Å²) in [7, 11) is 2.19. The van der Waals surface area contributed by atoms with Crippen molar-refractivity contribution in [3.63, 3.8) is 0 Å². The van der Waals surface area contributed by atoms with Crippen LogP contribution in [0.15, 0.2) is 48.5 Å². The minimum Gasteiger partial charge on any atom is -0.352 e. The van der Waals surface area contributed by atoms with E-state index in [-0.39, 0.29) is 0 Å². The van der Waals surface area contributed by atoms with Gasteiger partial charge in [0.15, 0.2) is 0 Å². The molecule has 2 heterocycles. The monoisotopic (exact) mass is 222 g/mol. The quantitative estimate of drug-likeness (QED) is 0.675. The Balaban J connectivity index is 1.95. The van der Waals surface area contributed by atoms with Crippen LogP contribution in [-0.2, 0) is 6.42 Å². The molecule has 17 heavy (non-hydrogen) atoms. The van der Waals surface area contributed by atoms with Crippen LogP contribution >= 0.6 is 0 Å². The van der Waals surface area contributed by atoms with Crippen LogP contribution in [0.5, 0.6) is 0 Å². The van der Waals surface area contributed by atoms with Crippen molar-refractivity contribution in [2.24, 2.45) is 0 Å². The van der Waals surface area contributed by atoms with E-state index < -0.39 is 0 Å². The predicted molar refractivity (Wildman–Crippen MR) is 70.9 cm³/mol. The lowest BCUT2D eigenvalue weighted by Gasteiger charge is -2.23. The van der Waals surface area contributed by atoms with E-state index in [9.17, 15) is 0 Å². The largest absolute Gasteiger partial charge is 0.352 e. The molecule has 0 fully saturated rings. The minimum atomic E-state index is 0.463. The van der Waals surface area contributed by atoms with Crippen molar-refractivity contribution in [3.8, 4) is 0 Å². The summed E-state index contributed by atoms with van der Waals surface area (Å²) in [6, 6.07) is 17.4. The van der Waals surface area contributed by atoms with Gasteiger partial charge >= 0.3 is 0 Å². The Labute approximate surface area is 101 Å². The van der Waals surface area contributed by atoms with Crippen LogP contribution in [0.2, 0.25) is 0 Å². The van der Waals surface area contributed by atoms with E-state index in [0.717, 1.165) is 6.42 Å². The van der Waals surface area contributed by atoms with E-state index in [2.05, 4.69) is 65.4 Å². The Morgan fingerprint density at radius 3 is 2.35 bits per heavy atom. The van der Waals surface area contributed by atoms with Gasteiger partial charge < -0.3 is 9.80 Å². The van der Waals surface area contributed by atoms with Crippen molar-refractivity contribution in [1.82, 2.24) is 0 Å². The molecule has 2 aromatic rings. The van der Waals surface area contributed by atoms with Crippen molar-refractivity contribution >= 4 is 17.1 Å². The molecule has 1 atom stereocenters. The highest BCUT2D eigenvalue weighted by Gasteiger charge is 2.39. The van der Waals surface area contributed by atoms with E-state index in [1.807, 2.05) is 0 Å². The van der Waals surface area contributed by atoms with Gasteiger partial charge in [-0.2, -0.15) is 0 Å². The second-order valence-electron chi connectivity index (χ2n) is 4.78. The van der Waals surface area contributed by atoms with Crippen molar-refractivity contribution in [2.75, 3.05) is 16.8 Å². The fourth-order valence-electron chi connectivity index (χ4n) is 3.09. The van der Waals surface area contributed by atoms with Gasteiger partial charge in [0, 0.05) is 19.2 Å². The smallest absolute Gasteiger partial charge is 0.110 e. The first kappa shape index (κ1) is 9.11. The van der Waals surface area contributed by atoms with E-state index in [0.29, 0.717) is 6.17 Å². The number of likely N-dealkylation sites (N-methyl/N-ethyl adjacent to an activating group) is 1. The Hall–Kier alpha value is -1.96. The van der Waals surface area contributed by atoms with Crippen molar-refractivity contribution in [1.29, 1.82) is 0 Å². The van der Waals surface area contributed by atoms with Crippen molar-refractivity contribution in [2.45, 2.75) is 12.6 Å². The Morgan fingerprint density at radius 2 is 1.53 bits per heavy atom. The van der Waals surface area contributed by atoms with Gasteiger partial charge in [-0.05, 0) is 23.8 Å². The van der Waals surface area contributed by atoms with Crippen LogP contribution in [-0.4, -0.2) is 13.2 Å². The fourth-order valence-corrected chi connectivity index (χ4v) is 3.09. The van der Waals surface area contributed by atoms with Crippen LogP contribution in [0.1, 0.15) is 5.56 Å². The summed E-state index contributed by atoms with van der Waals surface area (Å²) in [4.78, 5) is 4.85. The summed E-state index contributed by atoms with van der Waals surface area (Å²) in [6.07, 6.45) is 1.58. The molecule has 2 aliphatic heterocycles. The highest BCUT2D eigenvalue weighted by Crippen LogP contribution is 2.48. The van der Waals surface area contributed by atoms with Gasteiger partial charge in [0.1, 0.15) is 6.17 Å². The summed E-state index contributed by atoms with van der Waals surface area (Å²) in [5.41, 5.74) is 5.50. The van der Waals surface area contributed by atoms with Gasteiger partial charge in [-0.15, -0.1) is 0 Å². The number of fused-ring (bicyclic) bond motifs is 5. The molecule has 2 heteroatoms. The molecular weight excluding hydrogens is 208 g/mol. The first-order valence-electron chi connectivity index (χ1n) is 6.05. The van der Waals surface area contributed by atoms with Gasteiger partial charge in [-0.3, -0.25) is 0 Å². The number of para-hydroxylation sites is 3. The second kappa shape index (κ2) is 3.04. The number of benzene rings is 2. The number of nitrogens with zero attached hydrogens (tertiary/aromatic N) is 2. The Bertz CT molecular complexity index is 591. The van der Waals surface area contributed by atoms with E-state index in [1.165, 1.54) is 22.6 Å². The molecular formula is C15H14N2. The lowest BCUT2D eigenvalue weighted by Crippen LogP contribution is -2.35. The van der Waals surface area contributed by atoms with Gasteiger partial charge in [0.25, 0.3) is 0 Å². The zero-order chi connectivity index (χ0) is 11.4. The number of hydrogen-bond acceptors (Lipinski definition) is 2. The second-order valence-corrected chi connectivity index (χ2v) is 4.78. The number of hydrogen-bond donors (Lipinski definition) is 0. The summed E-state index contributed by atoms with van der Waals surface area (Å²) in [6.45, 7) is 0. The van der Waals surface area contributed by atoms with Gasteiger partial charge in [-0.25, -0.2) is 0 Å². The third-order valence-corrected chi connectivity index (χ3v) is 3.92. The van der Waals surface area contributed by atoms with Gasteiger partial charge in [-0.1, -0.05) is 30.3 Å². The van der Waals surface area contributed by atoms with E-state index in [1.54, 1.807) is 0 Å². The molecule has 2 nitrogen and oxygen atoms in total. The molecule has 0 amide bonds. The average molecular weight is 222 g/mol. The molecule has 0 aromatic heterocycles. The van der Waals surface area contributed by atoms with Crippen LogP contribution in [0.25, 0.3) is 0 Å². The maximum Gasteiger partial charge on any atom is 0.110 e. The molecule has 0 saturated carbocycles. The third-order valence-electron chi connectivity index (χ3n) is 3.92. The average Bonchev–Trinajstić information content (AvgIpc) is 2.88. The first-order valence-corrected chi connectivity index (χ1v) is 6.05. The number of anilines is 3. The summed E-state index contributed by atoms with van der Waals surface area (Å²) in [5, 5.41) is 0. The first-order chi connectivity index (χ1) is 8.36. The predicted octanol–water partition coefficient (Wildman–Crippen LogP) is 3.16. The topological polar surface area (TPSA) is 6.48 Å². The zero-order valence-electron chi connectivity index (χ0n) is 9.80. The molecule has 0 radical (unpaired) electrons. The van der Waals surface area contributed by atoms with E-state index >= 15 is 0 Å². The molecule has 0 N–H and O–H groups in total. The molecule has 4 rings (SSSR count). The minimum absolute atomic E-state index is 0.463. The molecule has 0 spiro atoms. The molecule has 2 aromatic carbocycles. The molecule has 0 unspecified atom stereocenters. The maximum absolute atomic E-state index is 2.46. The molecule has 0 saturated heterocycles. The molecule has 0 aliphatic carbocycles. The summed E-state index contributed by atoms with van der Waals surface area (Å²) >= 11 is 0. The normalized spacial score (nSPS) is 20.2. The number of rotatable bonds is 0. The lowest BCUT2D eigenvalue weighted by molar-refractivity contribution is 0.704. The SMILES string of the molecule is CN1c2ccccc2N2c3ccccc3C[C@@H]12. The standard InChI is InChI=1S/C15H14N2/c1-16-13-8-4-5-9-14(13)17-12-7-3-2-6-11(12)10-15(16)17/h2-9,15H,10H2,1H3/t15-/m0/s1. The van der Waals surface area contributed by atoms with Gasteiger partial charge in [0.2, 0.25) is 0 Å².